The van der Waals surface area contributed by atoms with Gasteiger partial charge in [-0.1, -0.05) is 12.1 Å². The number of carbonyl (C=O) groups is 1. The van der Waals surface area contributed by atoms with Crippen LogP contribution in [0.3, 0.4) is 0 Å². The molecule has 1 aromatic heterocycles. The number of nitrogens with zero attached hydrogens (tertiary/aromatic N) is 1. The second-order valence-corrected chi connectivity index (χ2v) is 4.31. The van der Waals surface area contributed by atoms with Crippen molar-refractivity contribution >= 4 is 16.9 Å². The monoisotopic (exact) mass is 231 g/mol. The first-order chi connectivity index (χ1) is 8.20. The fourth-order valence-electron chi connectivity index (χ4n) is 2.52. The molecule has 4 heteroatoms. The van der Waals surface area contributed by atoms with Gasteiger partial charge in [-0.2, -0.15) is 0 Å². The molecule has 0 amide bonds. The molecule has 0 atom stereocenters. The third kappa shape index (κ3) is 1.33. The molecule has 0 fully saturated rings. The first-order valence-electron chi connectivity index (χ1n) is 5.68. The predicted octanol–water partition coefficient (Wildman–Crippen LogP) is 2.43. The molecule has 1 N–H and O–H groups in total. The van der Waals surface area contributed by atoms with E-state index in [4.69, 9.17) is 4.74 Å². The molecule has 2 heterocycles. The summed E-state index contributed by atoms with van der Waals surface area (Å²) >= 11 is 0. The van der Waals surface area contributed by atoms with Gasteiger partial charge in [0.2, 0.25) is 5.88 Å². The van der Waals surface area contributed by atoms with Crippen LogP contribution >= 0.6 is 0 Å². The molecule has 0 unspecified atom stereocenters. The van der Waals surface area contributed by atoms with Crippen LogP contribution in [0.25, 0.3) is 10.9 Å². The van der Waals surface area contributed by atoms with Crippen molar-refractivity contribution in [2.45, 2.75) is 19.9 Å². The van der Waals surface area contributed by atoms with Crippen molar-refractivity contribution in [3.63, 3.8) is 0 Å². The van der Waals surface area contributed by atoms with E-state index in [1.165, 1.54) is 0 Å². The zero-order valence-corrected chi connectivity index (χ0v) is 9.56. The van der Waals surface area contributed by atoms with Gasteiger partial charge in [-0.05, 0) is 25.0 Å². The summed E-state index contributed by atoms with van der Waals surface area (Å²) in [5.74, 6) is -0.409. The van der Waals surface area contributed by atoms with E-state index in [0.29, 0.717) is 18.1 Å². The van der Waals surface area contributed by atoms with Crippen LogP contribution in [0.1, 0.15) is 22.3 Å². The average Bonchev–Trinajstić information content (AvgIpc) is 2.65. The molecule has 0 aliphatic carbocycles. The van der Waals surface area contributed by atoms with Gasteiger partial charge in [0.1, 0.15) is 5.56 Å². The third-order valence-electron chi connectivity index (χ3n) is 3.23. The van der Waals surface area contributed by atoms with E-state index >= 15 is 0 Å². The van der Waals surface area contributed by atoms with E-state index < -0.39 is 5.97 Å². The maximum atomic E-state index is 11.4. The summed E-state index contributed by atoms with van der Waals surface area (Å²) in [5, 5.41) is 10.2. The Hall–Kier alpha value is -1.97. The first kappa shape index (κ1) is 10.2. The van der Waals surface area contributed by atoms with E-state index in [1.807, 2.05) is 29.7 Å². The Kier molecular flexibility index (Phi) is 2.11. The number of carboxylic acid groups (broad SMARTS) is 1. The summed E-state index contributed by atoms with van der Waals surface area (Å²) in [7, 11) is 0. The third-order valence-corrected chi connectivity index (χ3v) is 3.23. The van der Waals surface area contributed by atoms with Crippen molar-refractivity contribution in [2.75, 3.05) is 6.61 Å². The second kappa shape index (κ2) is 3.52. The molecule has 1 aromatic carbocycles. The van der Waals surface area contributed by atoms with Crippen LogP contribution in [0.15, 0.2) is 18.2 Å². The zero-order valence-electron chi connectivity index (χ0n) is 9.56. The molecule has 3 rings (SSSR count). The lowest BCUT2D eigenvalue weighted by molar-refractivity contribution is 0.0692. The van der Waals surface area contributed by atoms with Crippen molar-refractivity contribution < 1.29 is 14.6 Å². The van der Waals surface area contributed by atoms with Crippen LogP contribution in [-0.4, -0.2) is 22.2 Å². The van der Waals surface area contributed by atoms with E-state index in [-0.39, 0.29) is 0 Å². The maximum Gasteiger partial charge on any atom is 0.341 e. The number of ether oxygens (including phenoxy) is 1. The van der Waals surface area contributed by atoms with Crippen LogP contribution in [0.4, 0.5) is 0 Å². The highest BCUT2D eigenvalue weighted by molar-refractivity contribution is 6.07. The molecular formula is C13H13NO3. The first-order valence-corrected chi connectivity index (χ1v) is 5.68. The number of hydrogen-bond donors (Lipinski definition) is 1. The molecular weight excluding hydrogens is 218 g/mol. The number of aromatic nitrogens is 1. The van der Waals surface area contributed by atoms with Gasteiger partial charge in [0.05, 0.1) is 12.1 Å². The minimum absolute atomic E-state index is 0.304. The molecule has 0 radical (unpaired) electrons. The van der Waals surface area contributed by atoms with Crippen molar-refractivity contribution in [3.8, 4) is 5.88 Å². The fraction of sp³-hybridized carbons (Fsp3) is 0.308. The van der Waals surface area contributed by atoms with Crippen molar-refractivity contribution in [1.29, 1.82) is 0 Å². The van der Waals surface area contributed by atoms with E-state index in [9.17, 15) is 9.90 Å². The lowest BCUT2D eigenvalue weighted by Gasteiger charge is -2.17. The lowest BCUT2D eigenvalue weighted by atomic mass is 10.1. The SMILES string of the molecule is Cc1cccc2c1c(C(=O)O)c1n2CCCO1. The predicted molar refractivity (Wildman–Crippen MR) is 63.7 cm³/mol. The molecule has 1 aliphatic heterocycles. The topological polar surface area (TPSA) is 51.5 Å². The molecule has 2 aromatic rings. The fourth-order valence-corrected chi connectivity index (χ4v) is 2.52. The number of rotatable bonds is 1. The molecule has 1 aliphatic rings. The van der Waals surface area contributed by atoms with Gasteiger partial charge in [0.15, 0.2) is 0 Å². The Morgan fingerprint density at radius 1 is 1.47 bits per heavy atom. The summed E-state index contributed by atoms with van der Waals surface area (Å²) < 4.78 is 7.51. The summed E-state index contributed by atoms with van der Waals surface area (Å²) in [6.07, 6.45) is 0.920. The quantitative estimate of drug-likeness (QED) is 0.820. The second-order valence-electron chi connectivity index (χ2n) is 4.31. The maximum absolute atomic E-state index is 11.4. The van der Waals surface area contributed by atoms with E-state index in [2.05, 4.69) is 0 Å². The van der Waals surface area contributed by atoms with Crippen LogP contribution in [0.2, 0.25) is 0 Å². The number of carboxylic acids is 1. The van der Waals surface area contributed by atoms with Gasteiger partial charge in [-0.15, -0.1) is 0 Å². The Balaban J connectivity index is 2.46. The Labute approximate surface area is 98.4 Å². The highest BCUT2D eigenvalue weighted by Crippen LogP contribution is 2.36. The normalized spacial score (nSPS) is 14.4. The van der Waals surface area contributed by atoms with Gasteiger partial charge >= 0.3 is 5.97 Å². The van der Waals surface area contributed by atoms with E-state index in [0.717, 1.165) is 29.4 Å². The van der Waals surface area contributed by atoms with Crippen LogP contribution in [0, 0.1) is 6.92 Å². The zero-order chi connectivity index (χ0) is 12.0. The van der Waals surface area contributed by atoms with Crippen molar-refractivity contribution in [2.24, 2.45) is 0 Å². The van der Waals surface area contributed by atoms with Crippen molar-refractivity contribution in [1.82, 2.24) is 4.57 Å². The van der Waals surface area contributed by atoms with E-state index in [1.54, 1.807) is 0 Å². The van der Waals surface area contributed by atoms with Gasteiger partial charge in [-0.3, -0.25) is 0 Å². The highest BCUT2D eigenvalue weighted by Gasteiger charge is 2.26. The number of fused-ring (bicyclic) bond motifs is 3. The Bertz CT molecular complexity index is 613. The molecule has 0 bridgehead atoms. The summed E-state index contributed by atoms with van der Waals surface area (Å²) in [4.78, 5) is 11.4. The standard InChI is InChI=1S/C13H13NO3/c1-8-4-2-5-9-10(8)11(13(15)16)12-14(9)6-3-7-17-12/h2,4-5H,3,6-7H2,1H3,(H,15,16). The number of hydrogen-bond acceptors (Lipinski definition) is 2. The number of benzene rings is 1. The molecule has 0 saturated carbocycles. The van der Waals surface area contributed by atoms with Crippen molar-refractivity contribution in [3.05, 3.63) is 29.3 Å². The van der Waals surface area contributed by atoms with Gasteiger partial charge in [0.25, 0.3) is 0 Å². The van der Waals surface area contributed by atoms with Crippen LogP contribution in [-0.2, 0) is 6.54 Å². The molecule has 0 saturated heterocycles. The molecule has 0 spiro atoms. The minimum Gasteiger partial charge on any atom is -0.478 e. The summed E-state index contributed by atoms with van der Waals surface area (Å²) in [5.41, 5.74) is 2.24. The summed E-state index contributed by atoms with van der Waals surface area (Å²) in [6, 6.07) is 5.83. The summed E-state index contributed by atoms with van der Waals surface area (Å²) in [6.45, 7) is 3.35. The smallest absolute Gasteiger partial charge is 0.341 e. The van der Waals surface area contributed by atoms with Gasteiger partial charge in [0, 0.05) is 11.9 Å². The van der Waals surface area contributed by atoms with Crippen LogP contribution < -0.4 is 4.74 Å². The average molecular weight is 231 g/mol. The molecule has 4 nitrogen and oxygen atoms in total. The van der Waals surface area contributed by atoms with Gasteiger partial charge in [-0.25, -0.2) is 4.79 Å². The lowest BCUT2D eigenvalue weighted by Crippen LogP contribution is -2.15. The minimum atomic E-state index is -0.917. The van der Waals surface area contributed by atoms with Gasteiger partial charge < -0.3 is 14.4 Å². The Morgan fingerprint density at radius 2 is 2.29 bits per heavy atom. The number of aromatic carboxylic acids is 1. The number of aryl methyl sites for hydroxylation is 2. The Morgan fingerprint density at radius 3 is 3.06 bits per heavy atom. The highest BCUT2D eigenvalue weighted by atomic mass is 16.5. The molecule has 17 heavy (non-hydrogen) atoms. The van der Waals surface area contributed by atoms with Crippen LogP contribution in [0.5, 0.6) is 5.88 Å². The largest absolute Gasteiger partial charge is 0.478 e. The molecule has 88 valence electrons.